The van der Waals surface area contributed by atoms with Gasteiger partial charge in [-0.3, -0.25) is 4.98 Å². The second-order valence-corrected chi connectivity index (χ2v) is 5.63. The Balaban J connectivity index is 1.99. The molecule has 19 heavy (non-hydrogen) atoms. The first kappa shape index (κ1) is 13.8. The first-order valence-corrected chi connectivity index (χ1v) is 6.78. The van der Waals surface area contributed by atoms with E-state index in [4.69, 9.17) is 0 Å². The molecule has 0 aliphatic carbocycles. The lowest BCUT2D eigenvalue weighted by molar-refractivity contribution is 0.435. The van der Waals surface area contributed by atoms with Gasteiger partial charge in [-0.25, -0.2) is 0 Å². The predicted molar refractivity (Wildman–Crippen MR) is 80.1 cm³/mol. The molecule has 0 aliphatic rings. The van der Waals surface area contributed by atoms with Gasteiger partial charge in [0.2, 0.25) is 0 Å². The summed E-state index contributed by atoms with van der Waals surface area (Å²) in [6.45, 7) is 7.68. The molecule has 0 bridgehead atoms. The molecule has 0 aliphatic heterocycles. The minimum atomic E-state index is 0.128. The normalized spacial score (nSPS) is 13.2. The monoisotopic (exact) mass is 254 g/mol. The van der Waals surface area contributed by atoms with Gasteiger partial charge in [0.25, 0.3) is 0 Å². The first-order chi connectivity index (χ1) is 9.09. The molecule has 100 valence electrons. The highest BCUT2D eigenvalue weighted by Gasteiger charge is 2.20. The molecule has 0 spiro atoms. The van der Waals surface area contributed by atoms with Gasteiger partial charge in [-0.05, 0) is 30.2 Å². The number of hydrogen-bond acceptors (Lipinski definition) is 2. The molecule has 1 aromatic carbocycles. The second kappa shape index (κ2) is 5.98. The summed E-state index contributed by atoms with van der Waals surface area (Å²) in [6, 6.07) is 15.1. The van der Waals surface area contributed by atoms with Crippen molar-refractivity contribution in [1.29, 1.82) is 0 Å². The third-order valence-electron chi connectivity index (χ3n) is 3.61. The quantitative estimate of drug-likeness (QED) is 0.880. The van der Waals surface area contributed by atoms with Crippen molar-refractivity contribution in [2.45, 2.75) is 32.2 Å². The van der Waals surface area contributed by atoms with E-state index in [0.29, 0.717) is 6.04 Å². The number of aromatic nitrogens is 1. The molecule has 1 atom stereocenters. The van der Waals surface area contributed by atoms with E-state index < -0.39 is 0 Å². The lowest BCUT2D eigenvalue weighted by Crippen LogP contribution is -2.34. The van der Waals surface area contributed by atoms with Gasteiger partial charge in [0.05, 0.1) is 0 Å². The van der Waals surface area contributed by atoms with Crippen LogP contribution in [0.25, 0.3) is 0 Å². The molecule has 2 aromatic rings. The lowest BCUT2D eigenvalue weighted by atomic mass is 9.84. The Hall–Kier alpha value is -1.67. The molecule has 0 saturated carbocycles. The van der Waals surface area contributed by atoms with Gasteiger partial charge >= 0.3 is 0 Å². The molecule has 1 aromatic heterocycles. The molecule has 0 amide bonds. The van der Waals surface area contributed by atoms with Gasteiger partial charge < -0.3 is 5.32 Å². The van der Waals surface area contributed by atoms with Crippen molar-refractivity contribution in [2.24, 2.45) is 0 Å². The van der Waals surface area contributed by atoms with E-state index in [-0.39, 0.29) is 5.41 Å². The Labute approximate surface area is 115 Å². The molecule has 2 heteroatoms. The SMILES string of the molecule is CC(NCC(C)(C)c1ccccc1)c1ccncc1. The summed E-state index contributed by atoms with van der Waals surface area (Å²) in [4.78, 5) is 4.06. The first-order valence-electron chi connectivity index (χ1n) is 6.78. The lowest BCUT2D eigenvalue weighted by Gasteiger charge is -2.28. The maximum atomic E-state index is 4.06. The van der Waals surface area contributed by atoms with Crippen LogP contribution in [0.3, 0.4) is 0 Å². The van der Waals surface area contributed by atoms with Crippen LogP contribution in [0.2, 0.25) is 0 Å². The Bertz CT molecular complexity index is 491. The van der Waals surface area contributed by atoms with Crippen LogP contribution in [0.5, 0.6) is 0 Å². The third-order valence-corrected chi connectivity index (χ3v) is 3.61. The largest absolute Gasteiger partial charge is 0.309 e. The third kappa shape index (κ3) is 3.65. The van der Waals surface area contributed by atoms with E-state index in [1.54, 1.807) is 0 Å². The van der Waals surface area contributed by atoms with E-state index in [9.17, 15) is 0 Å². The minimum Gasteiger partial charge on any atom is -0.309 e. The summed E-state index contributed by atoms with van der Waals surface area (Å²) in [5, 5.41) is 3.61. The summed E-state index contributed by atoms with van der Waals surface area (Å²) in [6.07, 6.45) is 3.69. The molecule has 1 N–H and O–H groups in total. The fraction of sp³-hybridized carbons (Fsp3) is 0.353. The number of rotatable bonds is 5. The Morgan fingerprint density at radius 3 is 2.32 bits per heavy atom. The predicted octanol–water partition coefficient (Wildman–Crippen LogP) is 3.71. The van der Waals surface area contributed by atoms with E-state index >= 15 is 0 Å². The highest BCUT2D eigenvalue weighted by molar-refractivity contribution is 5.24. The van der Waals surface area contributed by atoms with E-state index in [0.717, 1.165) is 6.54 Å². The molecular formula is C17H22N2. The van der Waals surface area contributed by atoms with Crippen molar-refractivity contribution >= 4 is 0 Å². The van der Waals surface area contributed by atoms with E-state index in [2.05, 4.69) is 73.5 Å². The topological polar surface area (TPSA) is 24.9 Å². The molecule has 0 radical (unpaired) electrons. The van der Waals surface area contributed by atoms with Gasteiger partial charge in [-0.1, -0.05) is 44.2 Å². The zero-order valence-corrected chi connectivity index (χ0v) is 11.9. The van der Waals surface area contributed by atoms with Crippen molar-refractivity contribution < 1.29 is 0 Å². The highest BCUT2D eigenvalue weighted by Crippen LogP contribution is 2.23. The van der Waals surface area contributed by atoms with Crippen molar-refractivity contribution in [1.82, 2.24) is 10.3 Å². The Morgan fingerprint density at radius 2 is 1.68 bits per heavy atom. The van der Waals surface area contributed by atoms with Crippen LogP contribution in [0.1, 0.15) is 37.9 Å². The Morgan fingerprint density at radius 1 is 1.05 bits per heavy atom. The fourth-order valence-electron chi connectivity index (χ4n) is 2.17. The van der Waals surface area contributed by atoms with Crippen molar-refractivity contribution in [3.63, 3.8) is 0 Å². The number of nitrogens with one attached hydrogen (secondary N) is 1. The smallest absolute Gasteiger partial charge is 0.0293 e. The maximum Gasteiger partial charge on any atom is 0.0293 e. The molecule has 1 heterocycles. The summed E-state index contributed by atoms with van der Waals surface area (Å²) in [5.74, 6) is 0. The summed E-state index contributed by atoms with van der Waals surface area (Å²) in [5.41, 5.74) is 2.77. The molecule has 2 rings (SSSR count). The van der Waals surface area contributed by atoms with Gasteiger partial charge in [0.15, 0.2) is 0 Å². The maximum absolute atomic E-state index is 4.06. The Kier molecular flexibility index (Phi) is 4.33. The number of hydrogen-bond donors (Lipinski definition) is 1. The summed E-state index contributed by atoms with van der Waals surface area (Å²) in [7, 11) is 0. The zero-order valence-electron chi connectivity index (χ0n) is 11.9. The van der Waals surface area contributed by atoms with Crippen molar-refractivity contribution in [3.8, 4) is 0 Å². The van der Waals surface area contributed by atoms with E-state index in [1.807, 2.05) is 12.4 Å². The van der Waals surface area contributed by atoms with Crippen LogP contribution in [-0.2, 0) is 5.41 Å². The summed E-state index contributed by atoms with van der Waals surface area (Å²) >= 11 is 0. The molecule has 0 saturated heterocycles. The highest BCUT2D eigenvalue weighted by atomic mass is 14.9. The van der Waals surface area contributed by atoms with Gasteiger partial charge in [0.1, 0.15) is 0 Å². The number of pyridine rings is 1. The molecule has 0 fully saturated rings. The van der Waals surface area contributed by atoms with Gasteiger partial charge in [-0.15, -0.1) is 0 Å². The van der Waals surface area contributed by atoms with Crippen LogP contribution < -0.4 is 5.32 Å². The van der Waals surface area contributed by atoms with Crippen LogP contribution in [0.15, 0.2) is 54.9 Å². The van der Waals surface area contributed by atoms with Crippen LogP contribution in [-0.4, -0.2) is 11.5 Å². The van der Waals surface area contributed by atoms with Gasteiger partial charge in [-0.2, -0.15) is 0 Å². The molecular weight excluding hydrogens is 232 g/mol. The molecule has 2 nitrogen and oxygen atoms in total. The van der Waals surface area contributed by atoms with Crippen LogP contribution in [0, 0.1) is 0 Å². The average Bonchev–Trinajstić information content (AvgIpc) is 2.47. The number of nitrogens with zero attached hydrogens (tertiary/aromatic N) is 1. The van der Waals surface area contributed by atoms with Crippen molar-refractivity contribution in [3.05, 3.63) is 66.0 Å². The van der Waals surface area contributed by atoms with Crippen LogP contribution in [0.4, 0.5) is 0 Å². The average molecular weight is 254 g/mol. The van der Waals surface area contributed by atoms with Gasteiger partial charge in [0, 0.05) is 30.4 Å². The van der Waals surface area contributed by atoms with Crippen LogP contribution >= 0.6 is 0 Å². The van der Waals surface area contributed by atoms with Crippen molar-refractivity contribution in [2.75, 3.05) is 6.54 Å². The summed E-state index contributed by atoms with van der Waals surface area (Å²) < 4.78 is 0. The molecule has 1 unspecified atom stereocenters. The van der Waals surface area contributed by atoms with E-state index in [1.165, 1.54) is 11.1 Å². The minimum absolute atomic E-state index is 0.128. The standard InChI is InChI=1S/C17H22N2/c1-14(15-9-11-18-12-10-15)19-13-17(2,3)16-7-5-4-6-8-16/h4-12,14,19H,13H2,1-3H3. The number of benzene rings is 1. The second-order valence-electron chi connectivity index (χ2n) is 5.63. The fourth-order valence-corrected chi connectivity index (χ4v) is 2.17. The zero-order chi connectivity index (χ0) is 13.7.